The highest BCUT2D eigenvalue weighted by atomic mass is 32.1. The Balaban J connectivity index is 2.02. The van der Waals surface area contributed by atoms with Crippen LogP contribution in [0, 0.1) is 6.92 Å². The summed E-state index contributed by atoms with van der Waals surface area (Å²) in [5.74, 6) is 0.484. The Bertz CT molecular complexity index is 546. The van der Waals surface area contributed by atoms with E-state index < -0.39 is 0 Å². The molecular weight excluding hydrogens is 260 g/mol. The topological polar surface area (TPSA) is 55.1 Å². The average molecular weight is 278 g/mol. The molecule has 1 atom stereocenters. The predicted molar refractivity (Wildman–Crippen MR) is 75.6 cm³/mol. The van der Waals surface area contributed by atoms with E-state index >= 15 is 0 Å². The summed E-state index contributed by atoms with van der Waals surface area (Å²) < 4.78 is 5.09. The number of carbonyl (C=O) groups is 1. The molecule has 1 N–H and O–H groups in total. The molecule has 0 fully saturated rings. The van der Waals surface area contributed by atoms with Gasteiger partial charge in [0.25, 0.3) is 5.91 Å². The Hall–Kier alpha value is -1.62. The van der Waals surface area contributed by atoms with Crippen molar-refractivity contribution in [1.82, 2.24) is 10.5 Å². The van der Waals surface area contributed by atoms with E-state index in [9.17, 15) is 4.79 Å². The smallest absolute Gasteiger partial charge is 0.257 e. The molecule has 0 aliphatic rings. The number of amides is 1. The second-order valence-electron chi connectivity index (χ2n) is 4.57. The number of aromatic nitrogens is 1. The molecule has 1 amide bonds. The molecule has 0 saturated heterocycles. The number of hydrogen-bond acceptors (Lipinski definition) is 4. The number of carbonyl (C=O) groups excluding carboxylic acids is 1. The largest absolute Gasteiger partial charge is 0.361 e. The predicted octanol–water partition coefficient (Wildman–Crippen LogP) is 2.97. The molecule has 2 aromatic heterocycles. The van der Waals surface area contributed by atoms with E-state index in [4.69, 9.17) is 4.52 Å². The number of hydrogen-bond donors (Lipinski definition) is 1. The van der Waals surface area contributed by atoms with E-state index in [1.54, 1.807) is 18.3 Å². The van der Waals surface area contributed by atoms with Crippen molar-refractivity contribution in [3.63, 3.8) is 0 Å². The van der Waals surface area contributed by atoms with Crippen molar-refractivity contribution in [1.29, 1.82) is 0 Å². The van der Waals surface area contributed by atoms with Gasteiger partial charge in [-0.05, 0) is 31.7 Å². The first-order valence-electron chi connectivity index (χ1n) is 6.40. The van der Waals surface area contributed by atoms with Gasteiger partial charge in [0.1, 0.15) is 11.3 Å². The standard InChI is InChI=1S/C14H18N2O2S/c1-4-12-13(10(3)18-16-12)14(17)15-9(2)8-11-6-5-7-19-11/h5-7,9H,4,8H2,1-3H3,(H,15,17)/t9-/m1/s1. The van der Waals surface area contributed by atoms with Crippen LogP contribution >= 0.6 is 11.3 Å². The van der Waals surface area contributed by atoms with Gasteiger partial charge in [0.15, 0.2) is 0 Å². The van der Waals surface area contributed by atoms with Crippen LogP contribution in [0.15, 0.2) is 22.0 Å². The van der Waals surface area contributed by atoms with Gasteiger partial charge in [-0.1, -0.05) is 18.1 Å². The summed E-state index contributed by atoms with van der Waals surface area (Å²) in [6, 6.07) is 4.19. The van der Waals surface area contributed by atoms with E-state index in [1.165, 1.54) is 4.88 Å². The summed E-state index contributed by atoms with van der Waals surface area (Å²) in [7, 11) is 0. The average Bonchev–Trinajstić information content (AvgIpc) is 2.98. The summed E-state index contributed by atoms with van der Waals surface area (Å²) in [5.41, 5.74) is 1.30. The highest BCUT2D eigenvalue weighted by Crippen LogP contribution is 2.15. The first-order chi connectivity index (χ1) is 9.11. The van der Waals surface area contributed by atoms with Crippen LogP contribution in [0.5, 0.6) is 0 Å². The summed E-state index contributed by atoms with van der Waals surface area (Å²) in [6.07, 6.45) is 1.54. The van der Waals surface area contributed by atoms with Gasteiger partial charge in [-0.15, -0.1) is 11.3 Å². The molecule has 0 aliphatic carbocycles. The molecule has 2 aromatic rings. The molecule has 0 aromatic carbocycles. The Labute approximate surface area is 116 Å². The zero-order valence-electron chi connectivity index (χ0n) is 11.4. The maximum atomic E-state index is 12.2. The van der Waals surface area contributed by atoms with Crippen LogP contribution in [0.25, 0.3) is 0 Å². The first kappa shape index (κ1) is 13.8. The number of nitrogens with zero attached hydrogens (tertiary/aromatic N) is 1. The van der Waals surface area contributed by atoms with Crippen molar-refractivity contribution >= 4 is 17.2 Å². The number of nitrogens with one attached hydrogen (secondary N) is 1. The molecule has 0 saturated carbocycles. The maximum Gasteiger partial charge on any atom is 0.257 e. The van der Waals surface area contributed by atoms with Gasteiger partial charge in [-0.2, -0.15) is 0 Å². The Morgan fingerprint density at radius 2 is 2.37 bits per heavy atom. The van der Waals surface area contributed by atoms with Gasteiger partial charge in [0.2, 0.25) is 0 Å². The molecule has 0 spiro atoms. The van der Waals surface area contributed by atoms with Crippen molar-refractivity contribution in [2.75, 3.05) is 0 Å². The monoisotopic (exact) mass is 278 g/mol. The van der Waals surface area contributed by atoms with E-state index in [0.717, 1.165) is 12.1 Å². The van der Waals surface area contributed by atoms with E-state index in [2.05, 4.69) is 16.5 Å². The van der Waals surface area contributed by atoms with Crippen molar-refractivity contribution in [2.45, 2.75) is 39.7 Å². The fourth-order valence-corrected chi connectivity index (χ4v) is 2.86. The van der Waals surface area contributed by atoms with Crippen LogP contribution in [0.2, 0.25) is 0 Å². The molecule has 0 radical (unpaired) electrons. The number of thiophene rings is 1. The SMILES string of the molecule is CCc1noc(C)c1C(=O)N[C@H](C)Cc1cccs1. The summed E-state index contributed by atoms with van der Waals surface area (Å²) in [5, 5.41) is 8.95. The molecule has 19 heavy (non-hydrogen) atoms. The van der Waals surface area contributed by atoms with Crippen LogP contribution in [-0.4, -0.2) is 17.1 Å². The first-order valence-corrected chi connectivity index (χ1v) is 7.28. The minimum atomic E-state index is -0.0975. The van der Waals surface area contributed by atoms with Crippen LogP contribution in [0.3, 0.4) is 0 Å². The van der Waals surface area contributed by atoms with Crippen molar-refractivity contribution in [2.24, 2.45) is 0 Å². The van der Waals surface area contributed by atoms with Gasteiger partial charge < -0.3 is 9.84 Å². The minimum absolute atomic E-state index is 0.0881. The number of rotatable bonds is 5. The lowest BCUT2D eigenvalue weighted by molar-refractivity contribution is 0.0938. The minimum Gasteiger partial charge on any atom is -0.361 e. The van der Waals surface area contributed by atoms with E-state index in [0.29, 0.717) is 17.7 Å². The third kappa shape index (κ3) is 3.23. The summed E-state index contributed by atoms with van der Waals surface area (Å²) in [4.78, 5) is 13.5. The highest BCUT2D eigenvalue weighted by molar-refractivity contribution is 7.09. The molecule has 0 bridgehead atoms. The molecule has 0 unspecified atom stereocenters. The third-order valence-corrected chi connectivity index (χ3v) is 3.86. The molecule has 2 rings (SSSR count). The second-order valence-corrected chi connectivity index (χ2v) is 5.60. The number of aryl methyl sites for hydroxylation is 2. The van der Waals surface area contributed by atoms with Crippen LogP contribution < -0.4 is 5.32 Å². The fraction of sp³-hybridized carbons (Fsp3) is 0.429. The summed E-state index contributed by atoms with van der Waals surface area (Å²) in [6.45, 7) is 5.74. The quantitative estimate of drug-likeness (QED) is 0.914. The van der Waals surface area contributed by atoms with Crippen LogP contribution in [-0.2, 0) is 12.8 Å². The maximum absolute atomic E-state index is 12.2. The zero-order valence-corrected chi connectivity index (χ0v) is 12.2. The Kier molecular flexibility index (Phi) is 4.37. The van der Waals surface area contributed by atoms with Gasteiger partial charge >= 0.3 is 0 Å². The van der Waals surface area contributed by atoms with Crippen molar-refractivity contribution < 1.29 is 9.32 Å². The third-order valence-electron chi connectivity index (χ3n) is 2.96. The lowest BCUT2D eigenvalue weighted by Crippen LogP contribution is -2.34. The molecular formula is C14H18N2O2S. The van der Waals surface area contributed by atoms with Crippen LogP contribution in [0.4, 0.5) is 0 Å². The lowest BCUT2D eigenvalue weighted by atomic mass is 10.1. The van der Waals surface area contributed by atoms with Gasteiger partial charge in [-0.25, -0.2) is 0 Å². The Morgan fingerprint density at radius 3 is 3.00 bits per heavy atom. The van der Waals surface area contributed by atoms with Gasteiger partial charge in [0, 0.05) is 17.3 Å². The Morgan fingerprint density at radius 1 is 1.58 bits per heavy atom. The van der Waals surface area contributed by atoms with Crippen molar-refractivity contribution in [3.05, 3.63) is 39.4 Å². The van der Waals surface area contributed by atoms with Crippen LogP contribution in [0.1, 0.15) is 40.5 Å². The lowest BCUT2D eigenvalue weighted by Gasteiger charge is -2.12. The van der Waals surface area contributed by atoms with E-state index in [1.807, 2.05) is 25.3 Å². The highest BCUT2D eigenvalue weighted by Gasteiger charge is 2.20. The van der Waals surface area contributed by atoms with E-state index in [-0.39, 0.29) is 11.9 Å². The zero-order chi connectivity index (χ0) is 13.8. The van der Waals surface area contributed by atoms with Crippen molar-refractivity contribution in [3.8, 4) is 0 Å². The molecule has 2 heterocycles. The second kappa shape index (κ2) is 6.02. The fourth-order valence-electron chi connectivity index (χ4n) is 2.03. The molecule has 4 nitrogen and oxygen atoms in total. The summed E-state index contributed by atoms with van der Waals surface area (Å²) >= 11 is 1.70. The normalized spacial score (nSPS) is 12.4. The molecule has 0 aliphatic heterocycles. The van der Waals surface area contributed by atoms with Gasteiger partial charge in [0.05, 0.1) is 5.69 Å². The van der Waals surface area contributed by atoms with Gasteiger partial charge in [-0.3, -0.25) is 4.79 Å². The molecule has 5 heteroatoms. The molecule has 102 valence electrons.